The average molecular weight is 277 g/mol. The minimum atomic E-state index is -0.496. The third-order valence-electron chi connectivity index (χ3n) is 4.49. The number of rotatable bonds is 3. The smallest absolute Gasteiger partial charge is 0.123 e. The fourth-order valence-electron chi connectivity index (χ4n) is 3.77. The largest absolute Gasteiger partial charge is 0.496 e. The molecule has 1 heterocycles. The Bertz CT molecular complexity index is 492. The van der Waals surface area contributed by atoms with Crippen molar-refractivity contribution in [2.75, 3.05) is 7.11 Å². The molecule has 3 heteroatoms. The third kappa shape index (κ3) is 2.57. The second kappa shape index (κ2) is 4.74. The van der Waals surface area contributed by atoms with Crippen LogP contribution in [0.3, 0.4) is 0 Å². The van der Waals surface area contributed by atoms with Gasteiger partial charge in [0.05, 0.1) is 18.3 Å². The van der Waals surface area contributed by atoms with E-state index in [0.717, 1.165) is 17.7 Å². The minimum Gasteiger partial charge on any atom is -0.496 e. The number of methoxy groups -OCH3 is 1. The van der Waals surface area contributed by atoms with Gasteiger partial charge in [-0.25, -0.2) is 0 Å². The number of hydrogen-bond acceptors (Lipinski definition) is 3. The number of benzene rings is 1. The molecular weight excluding hydrogens is 250 g/mol. The highest BCUT2D eigenvalue weighted by Crippen LogP contribution is 2.50. The second-order valence-electron chi connectivity index (χ2n) is 7.20. The summed E-state index contributed by atoms with van der Waals surface area (Å²) < 4.78 is 11.7. The molecule has 1 fully saturated rings. The van der Waals surface area contributed by atoms with Crippen LogP contribution >= 0.6 is 0 Å². The number of ether oxygens (including phenoxy) is 2. The fraction of sp³-hybridized carbons (Fsp3) is 0.647. The van der Waals surface area contributed by atoms with Crippen LogP contribution in [0, 0.1) is 5.92 Å². The predicted molar refractivity (Wildman–Crippen MR) is 81.9 cm³/mol. The van der Waals surface area contributed by atoms with Crippen molar-refractivity contribution in [3.05, 3.63) is 29.8 Å². The molecule has 0 amide bonds. The molecule has 0 saturated carbocycles. The van der Waals surface area contributed by atoms with Gasteiger partial charge in [0.2, 0.25) is 0 Å². The zero-order valence-electron chi connectivity index (χ0n) is 13.5. The zero-order chi connectivity index (χ0) is 15.2. The lowest BCUT2D eigenvalue weighted by atomic mass is 9.70. The van der Waals surface area contributed by atoms with Crippen LogP contribution in [0.15, 0.2) is 24.3 Å². The maximum Gasteiger partial charge on any atom is 0.123 e. The monoisotopic (exact) mass is 277 g/mol. The van der Waals surface area contributed by atoms with Gasteiger partial charge in [0.25, 0.3) is 0 Å². The van der Waals surface area contributed by atoms with Gasteiger partial charge in [0, 0.05) is 17.0 Å². The van der Waals surface area contributed by atoms with Crippen molar-refractivity contribution in [3.8, 4) is 5.75 Å². The average Bonchev–Trinajstić information content (AvgIpc) is 2.58. The van der Waals surface area contributed by atoms with Crippen LogP contribution in [0.1, 0.15) is 46.6 Å². The quantitative estimate of drug-likeness (QED) is 0.920. The Morgan fingerprint density at radius 1 is 1.25 bits per heavy atom. The van der Waals surface area contributed by atoms with Gasteiger partial charge in [-0.05, 0) is 47.1 Å². The Morgan fingerprint density at radius 3 is 2.35 bits per heavy atom. The zero-order valence-corrected chi connectivity index (χ0v) is 13.5. The molecule has 0 aliphatic carbocycles. The summed E-state index contributed by atoms with van der Waals surface area (Å²) in [7, 11) is 1.69. The van der Waals surface area contributed by atoms with Crippen molar-refractivity contribution in [1.29, 1.82) is 0 Å². The molecular formula is C17H27NO2. The molecule has 112 valence electrons. The first-order valence-corrected chi connectivity index (χ1v) is 7.23. The van der Waals surface area contributed by atoms with Gasteiger partial charge in [0.15, 0.2) is 0 Å². The summed E-state index contributed by atoms with van der Waals surface area (Å²) >= 11 is 0. The molecule has 1 aromatic carbocycles. The van der Waals surface area contributed by atoms with E-state index in [9.17, 15) is 0 Å². The van der Waals surface area contributed by atoms with Gasteiger partial charge in [-0.15, -0.1) is 0 Å². The molecule has 2 N–H and O–H groups in total. The predicted octanol–water partition coefficient (Wildman–Crippen LogP) is 3.46. The lowest BCUT2D eigenvalue weighted by Crippen LogP contribution is -2.48. The van der Waals surface area contributed by atoms with Crippen molar-refractivity contribution < 1.29 is 9.47 Å². The molecule has 0 bridgehead atoms. The van der Waals surface area contributed by atoms with E-state index in [-0.39, 0.29) is 17.1 Å². The summed E-state index contributed by atoms with van der Waals surface area (Å²) in [4.78, 5) is 0. The Hall–Kier alpha value is -1.06. The number of hydrogen-bond donors (Lipinski definition) is 1. The highest BCUT2D eigenvalue weighted by molar-refractivity contribution is 5.39. The Kier molecular flexibility index (Phi) is 3.64. The third-order valence-corrected chi connectivity index (χ3v) is 4.49. The van der Waals surface area contributed by atoms with Crippen molar-refractivity contribution in [2.45, 2.75) is 57.8 Å². The van der Waals surface area contributed by atoms with Gasteiger partial charge in [0.1, 0.15) is 5.75 Å². The van der Waals surface area contributed by atoms with E-state index in [0.29, 0.717) is 0 Å². The van der Waals surface area contributed by atoms with Crippen LogP contribution in [0.5, 0.6) is 5.75 Å². The Labute approximate surface area is 122 Å². The lowest BCUT2D eigenvalue weighted by Gasteiger charge is -2.39. The first-order valence-electron chi connectivity index (χ1n) is 7.23. The van der Waals surface area contributed by atoms with Gasteiger partial charge < -0.3 is 15.2 Å². The molecule has 2 rings (SSSR count). The highest BCUT2D eigenvalue weighted by atomic mass is 16.5. The van der Waals surface area contributed by atoms with E-state index in [2.05, 4.69) is 40.7 Å². The van der Waals surface area contributed by atoms with Gasteiger partial charge in [-0.3, -0.25) is 0 Å². The molecule has 0 spiro atoms. The summed E-state index contributed by atoms with van der Waals surface area (Å²) in [6, 6.07) is 8.00. The number of para-hydroxylation sites is 1. The molecule has 1 aliphatic heterocycles. The molecule has 3 nitrogen and oxygen atoms in total. The van der Waals surface area contributed by atoms with E-state index in [1.54, 1.807) is 7.11 Å². The van der Waals surface area contributed by atoms with Crippen LogP contribution in [0.4, 0.5) is 0 Å². The van der Waals surface area contributed by atoms with Crippen molar-refractivity contribution in [1.82, 2.24) is 0 Å². The van der Waals surface area contributed by atoms with Crippen molar-refractivity contribution in [3.63, 3.8) is 0 Å². The lowest BCUT2D eigenvalue weighted by molar-refractivity contribution is -0.0815. The Morgan fingerprint density at radius 2 is 1.85 bits per heavy atom. The summed E-state index contributed by atoms with van der Waals surface area (Å²) in [5.41, 5.74) is 6.91. The molecule has 2 unspecified atom stereocenters. The number of nitrogens with two attached hydrogens (primary N) is 1. The standard InChI is InChI=1S/C17H27NO2/c1-15(2)11-14(16(3,4)20-15)17(5,18)12-9-7-8-10-13(12)19-6/h7-10,14H,11,18H2,1-6H3. The first-order chi connectivity index (χ1) is 9.10. The van der Waals surface area contributed by atoms with Crippen LogP contribution in [0.2, 0.25) is 0 Å². The van der Waals surface area contributed by atoms with E-state index >= 15 is 0 Å². The molecule has 0 radical (unpaired) electrons. The van der Waals surface area contributed by atoms with E-state index in [1.807, 2.05) is 18.2 Å². The van der Waals surface area contributed by atoms with Crippen molar-refractivity contribution in [2.24, 2.45) is 11.7 Å². The first kappa shape index (κ1) is 15.3. The van der Waals surface area contributed by atoms with E-state index < -0.39 is 5.54 Å². The fourth-order valence-corrected chi connectivity index (χ4v) is 3.77. The maximum absolute atomic E-state index is 6.76. The normalized spacial score (nSPS) is 27.1. The molecule has 0 aromatic heterocycles. The topological polar surface area (TPSA) is 44.5 Å². The minimum absolute atomic E-state index is 0.142. The summed E-state index contributed by atoms with van der Waals surface area (Å²) in [6.07, 6.45) is 0.936. The maximum atomic E-state index is 6.76. The SMILES string of the molecule is COc1ccccc1C(C)(N)C1CC(C)(C)OC1(C)C. The van der Waals surface area contributed by atoms with E-state index in [1.165, 1.54) is 0 Å². The molecule has 20 heavy (non-hydrogen) atoms. The molecule has 1 aromatic rings. The second-order valence-corrected chi connectivity index (χ2v) is 7.20. The summed E-state index contributed by atoms with van der Waals surface area (Å²) in [6.45, 7) is 10.6. The van der Waals surface area contributed by atoms with Crippen LogP contribution in [-0.4, -0.2) is 18.3 Å². The van der Waals surface area contributed by atoms with Gasteiger partial charge in [-0.1, -0.05) is 18.2 Å². The van der Waals surface area contributed by atoms with Gasteiger partial charge >= 0.3 is 0 Å². The van der Waals surface area contributed by atoms with Crippen molar-refractivity contribution >= 4 is 0 Å². The molecule has 2 atom stereocenters. The summed E-state index contributed by atoms with van der Waals surface area (Å²) in [5.74, 6) is 1.07. The van der Waals surface area contributed by atoms with Crippen LogP contribution in [0.25, 0.3) is 0 Å². The van der Waals surface area contributed by atoms with Crippen LogP contribution in [-0.2, 0) is 10.3 Å². The molecule has 1 aliphatic rings. The van der Waals surface area contributed by atoms with Crippen LogP contribution < -0.4 is 10.5 Å². The molecule has 1 saturated heterocycles. The summed E-state index contributed by atoms with van der Waals surface area (Å²) in [5, 5.41) is 0. The Balaban J connectivity index is 2.45. The van der Waals surface area contributed by atoms with E-state index in [4.69, 9.17) is 15.2 Å². The highest BCUT2D eigenvalue weighted by Gasteiger charge is 2.53. The van der Waals surface area contributed by atoms with Gasteiger partial charge in [-0.2, -0.15) is 0 Å².